The summed E-state index contributed by atoms with van der Waals surface area (Å²) in [7, 11) is 0. The highest BCUT2D eigenvalue weighted by atomic mass is 16.5. The Morgan fingerprint density at radius 3 is 1.12 bits per heavy atom. The fraction of sp³-hybridized carbons (Fsp3) is 0.167. The van der Waals surface area contributed by atoms with Gasteiger partial charge in [0.25, 0.3) is 0 Å². The minimum absolute atomic E-state index is 0.101. The van der Waals surface area contributed by atoms with Crippen molar-refractivity contribution in [3.8, 4) is 37.0 Å². The van der Waals surface area contributed by atoms with E-state index in [1.807, 2.05) is 17.8 Å². The molecule has 1 aromatic carbocycles. The fourth-order valence-corrected chi connectivity index (χ4v) is 1.66. The maximum absolute atomic E-state index is 11.0. The molecular weight excluding hydrogens is 312 g/mol. The van der Waals surface area contributed by atoms with E-state index in [-0.39, 0.29) is 19.8 Å². The summed E-state index contributed by atoms with van der Waals surface area (Å²) in [6.45, 7) is -0.303. The van der Waals surface area contributed by atoms with Gasteiger partial charge in [-0.1, -0.05) is 0 Å². The lowest BCUT2D eigenvalue weighted by atomic mass is 10.1. The van der Waals surface area contributed by atoms with Crippen molar-refractivity contribution >= 4 is 17.9 Å². The Balaban J connectivity index is 2.92. The summed E-state index contributed by atoms with van der Waals surface area (Å²) < 4.78 is 14.5. The van der Waals surface area contributed by atoms with Crippen LogP contribution in [-0.2, 0) is 48.4 Å². The molecule has 0 amide bonds. The molecule has 0 radical (unpaired) electrons. The van der Waals surface area contributed by atoms with E-state index in [2.05, 4.69) is 0 Å². The first-order valence-corrected chi connectivity index (χ1v) is 6.50. The lowest BCUT2D eigenvalue weighted by Crippen LogP contribution is -2.06. The molecule has 0 bridgehead atoms. The monoisotopic (exact) mass is 324 g/mol. The zero-order valence-electron chi connectivity index (χ0n) is 12.5. The molecular formula is C18H12O6. The highest BCUT2D eigenvalue weighted by Gasteiger charge is 2.07. The summed E-state index contributed by atoms with van der Waals surface area (Å²) in [6, 6.07) is 4.88. The molecule has 0 saturated carbocycles. The predicted octanol–water partition coefficient (Wildman–Crippen LogP) is 0.716. The van der Waals surface area contributed by atoms with E-state index in [1.165, 1.54) is 0 Å². The van der Waals surface area contributed by atoms with Crippen molar-refractivity contribution < 1.29 is 28.6 Å². The van der Waals surface area contributed by atoms with Gasteiger partial charge < -0.3 is 14.2 Å². The molecule has 0 aliphatic carbocycles. The lowest BCUT2D eigenvalue weighted by molar-refractivity contribution is -0.138. The molecule has 6 heteroatoms. The van der Waals surface area contributed by atoms with Crippen LogP contribution in [0.25, 0.3) is 0 Å². The normalized spacial score (nSPS) is 8.88. The molecule has 0 aliphatic heterocycles. The summed E-state index contributed by atoms with van der Waals surface area (Å²) in [5.74, 6) is 2.99. The maximum atomic E-state index is 11.0. The van der Waals surface area contributed by atoms with Crippen LogP contribution in [0.1, 0.15) is 16.7 Å². The largest absolute Gasteiger partial charge is 0.451 e. The van der Waals surface area contributed by atoms with Crippen LogP contribution in [0.5, 0.6) is 0 Å². The second kappa shape index (κ2) is 9.35. The van der Waals surface area contributed by atoms with Crippen LogP contribution < -0.4 is 0 Å². The summed E-state index contributed by atoms with van der Waals surface area (Å²) in [4.78, 5) is 33.1. The highest BCUT2D eigenvalue weighted by molar-refractivity contribution is 5.88. The van der Waals surface area contributed by atoms with Gasteiger partial charge in [-0.25, -0.2) is 14.4 Å². The van der Waals surface area contributed by atoms with Crippen LogP contribution >= 0.6 is 0 Å². The molecule has 24 heavy (non-hydrogen) atoms. The van der Waals surface area contributed by atoms with Gasteiger partial charge in [0.1, 0.15) is 19.8 Å². The van der Waals surface area contributed by atoms with Gasteiger partial charge in [0.15, 0.2) is 0 Å². The van der Waals surface area contributed by atoms with Gasteiger partial charge in [0, 0.05) is 17.8 Å². The zero-order valence-corrected chi connectivity index (χ0v) is 12.5. The van der Waals surface area contributed by atoms with Crippen molar-refractivity contribution in [1.29, 1.82) is 0 Å². The minimum Gasteiger partial charge on any atom is -0.451 e. The van der Waals surface area contributed by atoms with Crippen molar-refractivity contribution in [3.05, 3.63) is 34.9 Å². The predicted molar refractivity (Wildman–Crippen MR) is 82.3 cm³/mol. The average molecular weight is 324 g/mol. The summed E-state index contributed by atoms with van der Waals surface area (Å²) in [5, 5.41) is 0. The number of hydrogen-bond acceptors (Lipinski definition) is 6. The van der Waals surface area contributed by atoms with E-state index in [4.69, 9.17) is 33.5 Å². The van der Waals surface area contributed by atoms with E-state index in [1.54, 1.807) is 18.2 Å². The number of carbonyl (C=O) groups is 3. The number of terminal acetylenes is 3. The topological polar surface area (TPSA) is 78.9 Å². The molecule has 120 valence electrons. The zero-order chi connectivity index (χ0) is 17.9. The van der Waals surface area contributed by atoms with E-state index < -0.39 is 17.9 Å². The summed E-state index contributed by atoms with van der Waals surface area (Å²) in [6.07, 6.45) is 14.7. The van der Waals surface area contributed by atoms with Crippen molar-refractivity contribution in [2.75, 3.05) is 0 Å². The molecule has 0 spiro atoms. The van der Waals surface area contributed by atoms with E-state index >= 15 is 0 Å². The number of hydrogen-bond donors (Lipinski definition) is 0. The SMILES string of the molecule is C#CC(=O)OCc1cc(COC(=O)C#C)cc(COC(=O)C#C)c1. The van der Waals surface area contributed by atoms with Crippen LogP contribution in [0.2, 0.25) is 0 Å². The maximum Gasteiger partial charge on any atom is 0.384 e. The van der Waals surface area contributed by atoms with Gasteiger partial charge in [0.2, 0.25) is 0 Å². The molecule has 0 N–H and O–H groups in total. The molecule has 0 atom stereocenters. The minimum atomic E-state index is -0.820. The van der Waals surface area contributed by atoms with Gasteiger partial charge in [-0.2, -0.15) is 0 Å². The van der Waals surface area contributed by atoms with Crippen LogP contribution in [0, 0.1) is 37.0 Å². The van der Waals surface area contributed by atoms with Crippen molar-refractivity contribution in [3.63, 3.8) is 0 Å². The first kappa shape index (κ1) is 18.4. The van der Waals surface area contributed by atoms with E-state index in [9.17, 15) is 14.4 Å². The second-order valence-electron chi connectivity index (χ2n) is 4.32. The third-order valence-corrected chi connectivity index (χ3v) is 2.58. The van der Waals surface area contributed by atoms with E-state index in [0.29, 0.717) is 16.7 Å². The molecule has 1 aromatic rings. The Labute approximate surface area is 139 Å². The van der Waals surface area contributed by atoms with Crippen molar-refractivity contribution in [1.82, 2.24) is 0 Å². The molecule has 1 rings (SSSR count). The third kappa shape index (κ3) is 6.39. The number of esters is 3. The molecule has 0 unspecified atom stereocenters. The fourth-order valence-electron chi connectivity index (χ4n) is 1.66. The molecule has 0 aromatic heterocycles. The third-order valence-electron chi connectivity index (χ3n) is 2.58. The van der Waals surface area contributed by atoms with Crippen LogP contribution in [0.3, 0.4) is 0 Å². The second-order valence-corrected chi connectivity index (χ2v) is 4.32. The summed E-state index contributed by atoms with van der Waals surface area (Å²) >= 11 is 0. The van der Waals surface area contributed by atoms with Gasteiger partial charge in [-0.05, 0) is 34.9 Å². The van der Waals surface area contributed by atoms with Gasteiger partial charge in [-0.3, -0.25) is 0 Å². The molecule has 0 aliphatic rings. The molecule has 0 heterocycles. The number of carbonyl (C=O) groups excluding carboxylic acids is 3. The van der Waals surface area contributed by atoms with Crippen molar-refractivity contribution in [2.45, 2.75) is 19.8 Å². The highest BCUT2D eigenvalue weighted by Crippen LogP contribution is 2.14. The van der Waals surface area contributed by atoms with Crippen molar-refractivity contribution in [2.24, 2.45) is 0 Å². The smallest absolute Gasteiger partial charge is 0.384 e. The molecule has 6 nitrogen and oxygen atoms in total. The number of rotatable bonds is 6. The van der Waals surface area contributed by atoms with E-state index in [0.717, 1.165) is 0 Å². The van der Waals surface area contributed by atoms with Gasteiger partial charge >= 0.3 is 17.9 Å². The molecule has 0 fully saturated rings. The van der Waals surface area contributed by atoms with Crippen LogP contribution in [0.15, 0.2) is 18.2 Å². The van der Waals surface area contributed by atoms with Gasteiger partial charge in [0.05, 0.1) is 0 Å². The Morgan fingerprint density at radius 1 is 0.667 bits per heavy atom. The quantitative estimate of drug-likeness (QED) is 0.332. The Morgan fingerprint density at radius 2 is 0.917 bits per heavy atom. The van der Waals surface area contributed by atoms with Gasteiger partial charge in [-0.15, -0.1) is 19.3 Å². The lowest BCUT2D eigenvalue weighted by Gasteiger charge is -2.10. The Hall–Kier alpha value is -3.69. The first-order chi connectivity index (χ1) is 11.5. The Bertz CT molecular complexity index is 653. The standard InChI is InChI=1S/C18H12O6/c1-4-16(19)22-10-13-7-14(11-23-17(20)5-2)9-15(8-13)12-24-18(21)6-3/h1-3,7-9H,10-12H2. The first-order valence-electron chi connectivity index (χ1n) is 6.50. The number of benzene rings is 1. The summed E-state index contributed by atoms with van der Waals surface area (Å²) in [5.41, 5.74) is 1.67. The van der Waals surface area contributed by atoms with Crippen LogP contribution in [0.4, 0.5) is 0 Å². The Kier molecular flexibility index (Phi) is 7.15. The molecule has 0 saturated heterocycles. The van der Waals surface area contributed by atoms with Crippen LogP contribution in [-0.4, -0.2) is 17.9 Å². The number of ether oxygens (including phenoxy) is 3. The average Bonchev–Trinajstić information content (AvgIpc) is 2.61.